The first-order valence-electron chi connectivity index (χ1n) is 9.58. The smallest absolute Gasteiger partial charge is 0.457 e. The molecule has 0 bridgehead atoms. The standard InChI is InChI=1S/C22H28BNO5/c1-16(2)28-23(29-17(3)4)22-12-11-21(13-18(22)14-26-15-25-6)27-20-9-7-19(24-5)8-10-20/h7-13,16-17H,14-15H2,1-4,6H3. The largest absolute Gasteiger partial charge is 0.494 e. The average molecular weight is 397 g/mol. The Bertz CT molecular complexity index is 792. The molecule has 0 aliphatic rings. The van der Waals surface area contributed by atoms with Gasteiger partial charge in [-0.05, 0) is 63.0 Å². The van der Waals surface area contributed by atoms with Crippen LogP contribution in [-0.2, 0) is 25.4 Å². The van der Waals surface area contributed by atoms with Crippen LogP contribution in [-0.4, -0.2) is 33.2 Å². The lowest BCUT2D eigenvalue weighted by atomic mass is 9.75. The average Bonchev–Trinajstić information content (AvgIpc) is 2.68. The second-order valence-corrected chi connectivity index (χ2v) is 7.02. The molecule has 0 unspecified atom stereocenters. The molecule has 29 heavy (non-hydrogen) atoms. The molecule has 0 saturated heterocycles. The van der Waals surface area contributed by atoms with Gasteiger partial charge in [-0.2, -0.15) is 0 Å². The molecule has 2 rings (SSSR count). The van der Waals surface area contributed by atoms with E-state index in [-0.39, 0.29) is 19.0 Å². The van der Waals surface area contributed by atoms with Crippen LogP contribution in [0.25, 0.3) is 4.85 Å². The van der Waals surface area contributed by atoms with Gasteiger partial charge in [-0.15, -0.1) is 0 Å². The van der Waals surface area contributed by atoms with Gasteiger partial charge in [0.1, 0.15) is 18.3 Å². The quantitative estimate of drug-likeness (QED) is 0.238. The van der Waals surface area contributed by atoms with Crippen molar-refractivity contribution >= 4 is 18.3 Å². The molecule has 154 valence electrons. The zero-order valence-electron chi connectivity index (χ0n) is 17.7. The Morgan fingerprint density at radius 3 is 2.10 bits per heavy atom. The molecule has 0 spiro atoms. The maximum absolute atomic E-state index is 7.04. The van der Waals surface area contributed by atoms with Gasteiger partial charge < -0.3 is 23.5 Å². The molecule has 0 radical (unpaired) electrons. The first kappa shape index (κ1) is 22.9. The van der Waals surface area contributed by atoms with E-state index < -0.39 is 7.12 Å². The number of nitrogens with zero attached hydrogens (tertiary/aromatic N) is 1. The molecule has 0 saturated carbocycles. The molecule has 7 heteroatoms. The van der Waals surface area contributed by atoms with Gasteiger partial charge >= 0.3 is 7.12 Å². The van der Waals surface area contributed by atoms with E-state index in [2.05, 4.69) is 4.85 Å². The highest BCUT2D eigenvalue weighted by atomic mass is 16.7. The Balaban J connectivity index is 2.30. The van der Waals surface area contributed by atoms with Crippen molar-refractivity contribution in [2.45, 2.75) is 46.5 Å². The minimum atomic E-state index is -0.511. The Morgan fingerprint density at radius 1 is 0.931 bits per heavy atom. The van der Waals surface area contributed by atoms with E-state index in [1.165, 1.54) is 0 Å². The summed E-state index contributed by atoms with van der Waals surface area (Å²) in [6, 6.07) is 12.7. The third kappa shape index (κ3) is 7.52. The Kier molecular flexibility index (Phi) is 9.16. The summed E-state index contributed by atoms with van der Waals surface area (Å²) < 4.78 is 28.5. The van der Waals surface area contributed by atoms with E-state index in [9.17, 15) is 0 Å². The topological polar surface area (TPSA) is 50.5 Å². The monoisotopic (exact) mass is 397 g/mol. The van der Waals surface area contributed by atoms with Gasteiger partial charge in [0.25, 0.3) is 0 Å². The summed E-state index contributed by atoms with van der Waals surface area (Å²) in [6.07, 6.45) is 0.00627. The number of hydrogen-bond acceptors (Lipinski definition) is 5. The highest BCUT2D eigenvalue weighted by molar-refractivity contribution is 6.62. The molecule has 0 fully saturated rings. The second kappa shape index (κ2) is 11.6. The van der Waals surface area contributed by atoms with Crippen LogP contribution in [0.15, 0.2) is 42.5 Å². The third-order valence-corrected chi connectivity index (χ3v) is 3.82. The summed E-state index contributed by atoms with van der Waals surface area (Å²) in [5, 5.41) is 0. The SMILES string of the molecule is [C-]#[N+]c1ccc(Oc2ccc(B(OC(C)C)OC(C)C)c(COCOC)c2)cc1. The van der Waals surface area contributed by atoms with E-state index in [0.717, 1.165) is 11.0 Å². The Morgan fingerprint density at radius 2 is 1.55 bits per heavy atom. The fourth-order valence-electron chi connectivity index (χ4n) is 2.63. The van der Waals surface area contributed by atoms with Crippen molar-refractivity contribution in [2.75, 3.05) is 13.9 Å². The Labute approximate surface area is 173 Å². The zero-order chi connectivity index (χ0) is 21.2. The van der Waals surface area contributed by atoms with Crippen molar-refractivity contribution in [1.82, 2.24) is 0 Å². The summed E-state index contributed by atoms with van der Waals surface area (Å²) in [6.45, 7) is 15.5. The lowest BCUT2D eigenvalue weighted by molar-refractivity contribution is -0.0389. The molecule has 0 N–H and O–H groups in total. The molecule has 0 aromatic heterocycles. The number of ether oxygens (including phenoxy) is 3. The van der Waals surface area contributed by atoms with Crippen molar-refractivity contribution in [2.24, 2.45) is 0 Å². The molecule has 6 nitrogen and oxygen atoms in total. The lowest BCUT2D eigenvalue weighted by Crippen LogP contribution is -2.42. The molecule has 2 aromatic rings. The van der Waals surface area contributed by atoms with Crippen LogP contribution in [0.1, 0.15) is 33.3 Å². The molecule has 0 atom stereocenters. The van der Waals surface area contributed by atoms with Gasteiger partial charge in [0.2, 0.25) is 0 Å². The first-order chi connectivity index (χ1) is 13.9. The molecular weight excluding hydrogens is 369 g/mol. The summed E-state index contributed by atoms with van der Waals surface area (Å²) in [7, 11) is 1.07. The van der Waals surface area contributed by atoms with Gasteiger partial charge in [-0.25, -0.2) is 4.85 Å². The van der Waals surface area contributed by atoms with E-state index in [1.807, 2.05) is 45.9 Å². The zero-order valence-corrected chi connectivity index (χ0v) is 17.7. The fourth-order valence-corrected chi connectivity index (χ4v) is 2.63. The predicted molar refractivity (Wildman–Crippen MR) is 114 cm³/mol. The summed E-state index contributed by atoms with van der Waals surface area (Å²) in [5.41, 5.74) is 2.35. The summed E-state index contributed by atoms with van der Waals surface area (Å²) in [4.78, 5) is 3.39. The number of benzene rings is 2. The summed E-state index contributed by atoms with van der Waals surface area (Å²) in [5.74, 6) is 1.32. The van der Waals surface area contributed by atoms with Crippen LogP contribution >= 0.6 is 0 Å². The number of hydrogen-bond donors (Lipinski definition) is 0. The lowest BCUT2D eigenvalue weighted by Gasteiger charge is -2.22. The summed E-state index contributed by atoms with van der Waals surface area (Å²) >= 11 is 0. The fraction of sp³-hybridized carbons (Fsp3) is 0.409. The van der Waals surface area contributed by atoms with Crippen molar-refractivity contribution in [3.05, 3.63) is 59.4 Å². The molecule has 0 amide bonds. The predicted octanol–water partition coefficient (Wildman–Crippen LogP) is 4.70. The minimum absolute atomic E-state index is 0.00313. The van der Waals surface area contributed by atoms with Gasteiger partial charge in [-0.1, -0.05) is 18.2 Å². The molecular formula is C22H28BNO5. The van der Waals surface area contributed by atoms with E-state index in [4.69, 9.17) is 30.1 Å². The maximum Gasteiger partial charge on any atom is 0.494 e. The van der Waals surface area contributed by atoms with E-state index in [0.29, 0.717) is 23.8 Å². The van der Waals surface area contributed by atoms with E-state index in [1.54, 1.807) is 31.4 Å². The number of rotatable bonds is 11. The van der Waals surface area contributed by atoms with Crippen LogP contribution in [0.5, 0.6) is 11.5 Å². The van der Waals surface area contributed by atoms with Gasteiger partial charge in [0.05, 0.1) is 13.2 Å². The third-order valence-electron chi connectivity index (χ3n) is 3.82. The van der Waals surface area contributed by atoms with Crippen molar-refractivity contribution in [3.8, 4) is 11.5 Å². The van der Waals surface area contributed by atoms with Gasteiger partial charge in [-0.3, -0.25) is 0 Å². The van der Waals surface area contributed by atoms with Crippen LogP contribution in [0.4, 0.5) is 5.69 Å². The molecule has 0 aliphatic heterocycles. The van der Waals surface area contributed by atoms with Gasteiger partial charge in [0.15, 0.2) is 5.69 Å². The second-order valence-electron chi connectivity index (χ2n) is 7.02. The van der Waals surface area contributed by atoms with Crippen LogP contribution in [0.2, 0.25) is 0 Å². The van der Waals surface area contributed by atoms with Crippen molar-refractivity contribution in [3.63, 3.8) is 0 Å². The first-order valence-corrected chi connectivity index (χ1v) is 9.58. The minimum Gasteiger partial charge on any atom is -0.457 e. The normalized spacial score (nSPS) is 11.0. The highest BCUT2D eigenvalue weighted by Crippen LogP contribution is 2.25. The maximum atomic E-state index is 7.04. The van der Waals surface area contributed by atoms with Crippen LogP contribution < -0.4 is 10.2 Å². The van der Waals surface area contributed by atoms with Crippen LogP contribution in [0.3, 0.4) is 0 Å². The van der Waals surface area contributed by atoms with Crippen molar-refractivity contribution in [1.29, 1.82) is 0 Å². The van der Waals surface area contributed by atoms with E-state index >= 15 is 0 Å². The van der Waals surface area contributed by atoms with Crippen LogP contribution in [0, 0.1) is 6.57 Å². The highest BCUT2D eigenvalue weighted by Gasteiger charge is 2.27. The molecule has 0 heterocycles. The van der Waals surface area contributed by atoms with Crippen molar-refractivity contribution < 1.29 is 23.5 Å². The van der Waals surface area contributed by atoms with Gasteiger partial charge in [0, 0.05) is 19.3 Å². The molecule has 2 aromatic carbocycles. The number of methoxy groups -OCH3 is 1. The Hall–Kier alpha value is -2.37. The molecule has 0 aliphatic carbocycles.